The first-order valence-electron chi connectivity index (χ1n) is 5.35. The Morgan fingerprint density at radius 2 is 1.87 bits per heavy atom. The highest BCUT2D eigenvalue weighted by atomic mass is 32.1. The van der Waals surface area contributed by atoms with Crippen LogP contribution in [0.15, 0.2) is 12.1 Å². The van der Waals surface area contributed by atoms with Gasteiger partial charge >= 0.3 is 5.97 Å². The van der Waals surface area contributed by atoms with Gasteiger partial charge in [0.1, 0.15) is 4.88 Å². The second kappa shape index (κ2) is 4.66. The molecular weight excluding hydrogens is 210 g/mol. The molecule has 0 saturated carbocycles. The summed E-state index contributed by atoms with van der Waals surface area (Å²) in [6.45, 7) is 2.14. The average molecular weight is 225 g/mol. The average Bonchev–Trinajstić information content (AvgIpc) is 2.55. The topological polar surface area (TPSA) is 40.5 Å². The lowest BCUT2D eigenvalue weighted by Gasteiger charge is -2.19. The number of anilines is 1. The van der Waals surface area contributed by atoms with Crippen molar-refractivity contribution < 1.29 is 9.90 Å². The maximum absolute atomic E-state index is 10.8. The van der Waals surface area contributed by atoms with Crippen LogP contribution < -0.4 is 4.90 Å². The molecule has 1 aromatic heterocycles. The Morgan fingerprint density at radius 1 is 1.20 bits per heavy atom. The molecule has 0 unspecified atom stereocenters. The fourth-order valence-corrected chi connectivity index (χ4v) is 2.80. The van der Waals surface area contributed by atoms with E-state index in [1.54, 1.807) is 6.07 Å². The van der Waals surface area contributed by atoms with E-state index in [0.717, 1.165) is 18.1 Å². The molecule has 0 amide bonds. The van der Waals surface area contributed by atoms with E-state index in [-0.39, 0.29) is 0 Å². The molecule has 4 heteroatoms. The van der Waals surface area contributed by atoms with Gasteiger partial charge < -0.3 is 10.0 Å². The number of thiophene rings is 1. The molecule has 82 valence electrons. The summed E-state index contributed by atoms with van der Waals surface area (Å²) in [6, 6.07) is 3.63. The summed E-state index contributed by atoms with van der Waals surface area (Å²) in [7, 11) is 0. The molecule has 0 aromatic carbocycles. The number of nitrogens with zero attached hydrogens (tertiary/aromatic N) is 1. The number of aromatic carboxylic acids is 1. The zero-order valence-electron chi connectivity index (χ0n) is 8.61. The molecule has 1 N–H and O–H groups in total. The van der Waals surface area contributed by atoms with Gasteiger partial charge in [-0.25, -0.2) is 4.79 Å². The molecule has 1 aliphatic heterocycles. The van der Waals surface area contributed by atoms with Crippen LogP contribution >= 0.6 is 11.3 Å². The third-order valence-electron chi connectivity index (χ3n) is 2.72. The summed E-state index contributed by atoms with van der Waals surface area (Å²) in [5.41, 5.74) is 0. The first-order chi connectivity index (χ1) is 7.27. The van der Waals surface area contributed by atoms with Crippen molar-refractivity contribution in [3.8, 4) is 0 Å². The molecule has 0 spiro atoms. The standard InChI is InChI=1S/C11H15NO2S/c13-11(14)9-5-6-10(15-9)12-7-3-1-2-4-8-12/h5-6H,1-4,7-8H2,(H,13,14). The summed E-state index contributed by atoms with van der Waals surface area (Å²) >= 11 is 1.38. The Hall–Kier alpha value is -1.03. The summed E-state index contributed by atoms with van der Waals surface area (Å²) in [5, 5.41) is 9.95. The normalized spacial score (nSPS) is 17.5. The predicted octanol–water partition coefficient (Wildman–Crippen LogP) is 2.83. The summed E-state index contributed by atoms with van der Waals surface area (Å²) in [4.78, 5) is 13.5. The van der Waals surface area contributed by atoms with E-state index in [1.165, 1.54) is 37.0 Å². The third-order valence-corrected chi connectivity index (χ3v) is 3.85. The minimum absolute atomic E-state index is 0.439. The van der Waals surface area contributed by atoms with Crippen LogP contribution in [-0.2, 0) is 0 Å². The largest absolute Gasteiger partial charge is 0.477 e. The van der Waals surface area contributed by atoms with Crippen LogP contribution in [0.4, 0.5) is 5.00 Å². The maximum Gasteiger partial charge on any atom is 0.345 e. The lowest BCUT2D eigenvalue weighted by atomic mass is 10.2. The summed E-state index contributed by atoms with van der Waals surface area (Å²) in [5.74, 6) is -0.818. The van der Waals surface area contributed by atoms with Crippen molar-refractivity contribution >= 4 is 22.3 Å². The third kappa shape index (κ3) is 2.50. The van der Waals surface area contributed by atoms with Gasteiger partial charge in [-0.3, -0.25) is 0 Å². The van der Waals surface area contributed by atoms with E-state index in [9.17, 15) is 4.79 Å². The summed E-state index contributed by atoms with van der Waals surface area (Å²) in [6.07, 6.45) is 5.04. The lowest BCUT2D eigenvalue weighted by Crippen LogP contribution is -2.22. The summed E-state index contributed by atoms with van der Waals surface area (Å²) < 4.78 is 0. The molecular formula is C11H15NO2S. The Kier molecular flexibility index (Phi) is 3.26. The number of hydrogen-bond acceptors (Lipinski definition) is 3. The molecule has 1 aromatic rings. The Bertz CT molecular complexity index is 340. The fourth-order valence-electron chi connectivity index (χ4n) is 1.90. The first-order valence-corrected chi connectivity index (χ1v) is 6.17. The minimum Gasteiger partial charge on any atom is -0.477 e. The van der Waals surface area contributed by atoms with Crippen molar-refractivity contribution in [3.63, 3.8) is 0 Å². The quantitative estimate of drug-likeness (QED) is 0.841. The highest BCUT2D eigenvalue weighted by Gasteiger charge is 2.13. The van der Waals surface area contributed by atoms with E-state index in [2.05, 4.69) is 4.90 Å². The second-order valence-corrected chi connectivity index (χ2v) is 4.91. The van der Waals surface area contributed by atoms with Gasteiger partial charge in [-0.2, -0.15) is 0 Å². The van der Waals surface area contributed by atoms with E-state index >= 15 is 0 Å². The minimum atomic E-state index is -0.818. The van der Waals surface area contributed by atoms with Crippen LogP contribution in [0.2, 0.25) is 0 Å². The molecule has 1 saturated heterocycles. The van der Waals surface area contributed by atoms with Crippen LogP contribution in [0, 0.1) is 0 Å². The van der Waals surface area contributed by atoms with Gasteiger partial charge in [-0.1, -0.05) is 12.8 Å². The Labute approximate surface area is 93.3 Å². The van der Waals surface area contributed by atoms with Crippen molar-refractivity contribution in [3.05, 3.63) is 17.0 Å². The zero-order valence-corrected chi connectivity index (χ0v) is 9.42. The fraction of sp³-hybridized carbons (Fsp3) is 0.545. The molecule has 3 nitrogen and oxygen atoms in total. The van der Waals surface area contributed by atoms with Crippen LogP contribution in [-0.4, -0.2) is 24.2 Å². The highest BCUT2D eigenvalue weighted by molar-refractivity contribution is 7.17. The van der Waals surface area contributed by atoms with E-state index in [4.69, 9.17) is 5.11 Å². The van der Waals surface area contributed by atoms with Crippen molar-refractivity contribution in [2.75, 3.05) is 18.0 Å². The van der Waals surface area contributed by atoms with Crippen LogP contribution in [0.3, 0.4) is 0 Å². The molecule has 0 atom stereocenters. The second-order valence-electron chi connectivity index (χ2n) is 3.84. The number of rotatable bonds is 2. The van der Waals surface area contributed by atoms with E-state index in [1.807, 2.05) is 6.07 Å². The van der Waals surface area contributed by atoms with Gasteiger partial charge in [0.05, 0.1) is 5.00 Å². The van der Waals surface area contributed by atoms with Gasteiger partial charge in [0.25, 0.3) is 0 Å². The molecule has 0 aliphatic carbocycles. The lowest BCUT2D eigenvalue weighted by molar-refractivity contribution is 0.0702. The van der Waals surface area contributed by atoms with E-state index in [0.29, 0.717) is 4.88 Å². The molecule has 2 rings (SSSR count). The molecule has 15 heavy (non-hydrogen) atoms. The Balaban J connectivity index is 2.10. The zero-order chi connectivity index (χ0) is 10.7. The number of hydrogen-bond donors (Lipinski definition) is 1. The smallest absolute Gasteiger partial charge is 0.345 e. The number of carbonyl (C=O) groups is 1. The SMILES string of the molecule is O=C(O)c1ccc(N2CCCCCC2)s1. The number of carboxylic acids is 1. The van der Waals surface area contributed by atoms with Gasteiger partial charge in [-0.05, 0) is 25.0 Å². The molecule has 0 bridgehead atoms. The van der Waals surface area contributed by atoms with Gasteiger partial charge in [0.2, 0.25) is 0 Å². The van der Waals surface area contributed by atoms with E-state index < -0.39 is 5.97 Å². The van der Waals surface area contributed by atoms with Gasteiger partial charge in [0.15, 0.2) is 0 Å². The van der Waals surface area contributed by atoms with Crippen molar-refractivity contribution in [2.45, 2.75) is 25.7 Å². The van der Waals surface area contributed by atoms with Crippen molar-refractivity contribution in [2.24, 2.45) is 0 Å². The van der Waals surface area contributed by atoms with Crippen molar-refractivity contribution in [1.29, 1.82) is 0 Å². The first kappa shape index (κ1) is 10.5. The van der Waals surface area contributed by atoms with Crippen LogP contribution in [0.5, 0.6) is 0 Å². The molecule has 2 heterocycles. The molecule has 0 radical (unpaired) electrons. The van der Waals surface area contributed by atoms with Gasteiger partial charge in [-0.15, -0.1) is 11.3 Å². The Morgan fingerprint density at radius 3 is 2.40 bits per heavy atom. The maximum atomic E-state index is 10.8. The predicted molar refractivity (Wildman–Crippen MR) is 62.0 cm³/mol. The van der Waals surface area contributed by atoms with Crippen LogP contribution in [0.25, 0.3) is 0 Å². The monoisotopic (exact) mass is 225 g/mol. The molecule has 1 fully saturated rings. The number of carboxylic acid groups (broad SMARTS) is 1. The van der Waals surface area contributed by atoms with Crippen LogP contribution in [0.1, 0.15) is 35.4 Å². The van der Waals surface area contributed by atoms with Gasteiger partial charge in [0, 0.05) is 13.1 Å². The van der Waals surface area contributed by atoms with Crippen molar-refractivity contribution in [1.82, 2.24) is 0 Å². The highest BCUT2D eigenvalue weighted by Crippen LogP contribution is 2.28. The molecule has 1 aliphatic rings.